The minimum atomic E-state index is 0.808. The van der Waals surface area contributed by atoms with Crippen LogP contribution >= 0.6 is 0 Å². The molecule has 10 aromatic rings. The second kappa shape index (κ2) is 14.2. The van der Waals surface area contributed by atoms with Crippen molar-refractivity contribution in [3.63, 3.8) is 0 Å². The molecular formula is C55H39N3. The summed E-state index contributed by atoms with van der Waals surface area (Å²) in [6, 6.07) is 70.1. The smallest absolute Gasteiger partial charge is 0.0865 e. The maximum Gasteiger partial charge on any atom is 0.0865 e. The first-order valence-electron chi connectivity index (χ1n) is 20.1. The lowest BCUT2D eigenvalue weighted by Crippen LogP contribution is -2.06. The van der Waals surface area contributed by atoms with E-state index in [0.717, 1.165) is 46.8 Å². The molecule has 0 radical (unpaired) electrons. The number of hydrogen-bond acceptors (Lipinski definition) is 2. The second-order valence-electron chi connectivity index (χ2n) is 15.1. The third-order valence-electron chi connectivity index (χ3n) is 11.7. The molecule has 0 amide bonds. The van der Waals surface area contributed by atoms with Gasteiger partial charge >= 0.3 is 0 Å². The molecule has 0 saturated carbocycles. The van der Waals surface area contributed by atoms with Crippen LogP contribution in [0.2, 0.25) is 0 Å². The van der Waals surface area contributed by atoms with Gasteiger partial charge in [0.1, 0.15) is 0 Å². The van der Waals surface area contributed by atoms with Crippen LogP contribution in [0.25, 0.3) is 82.3 Å². The lowest BCUT2D eigenvalue weighted by atomic mass is 9.87. The van der Waals surface area contributed by atoms with Gasteiger partial charge in [-0.3, -0.25) is 4.99 Å². The van der Waals surface area contributed by atoms with E-state index in [9.17, 15) is 0 Å². The standard InChI is InChI=1S/C55H39N3/c1-4-17-37(18-5-1)50-28-16-29-51(56-36-52(57-50)38-19-6-2-7-20-38)49-35-40(34-48-44-25-11-10-23-42(44)43-24-12-13-27-46(43)55(48)49)39-31-32-54-47(33-39)45-26-14-15-30-53(45)58(54)41-21-8-3-9-22-41/h1-15,17-27,29-36,56H,16,28H2/b51-29?,52-36+,57-50?. The SMILES string of the molecule is C1=C(c2cc(-c3ccc4c(c3)c3ccccc3n4-c3ccccc3)cc3c4ccccc4c4ccccc4c23)N/C=C(\c2ccccc2)N=C(c2ccccc2)CC1. The average Bonchev–Trinajstić information content (AvgIpc) is 3.68. The van der Waals surface area contributed by atoms with E-state index in [0.29, 0.717) is 0 Å². The van der Waals surface area contributed by atoms with Gasteiger partial charge in [-0.05, 0) is 104 Å². The van der Waals surface area contributed by atoms with Gasteiger partial charge in [0.2, 0.25) is 0 Å². The van der Waals surface area contributed by atoms with E-state index in [1.54, 1.807) is 0 Å². The van der Waals surface area contributed by atoms with Gasteiger partial charge in [-0.15, -0.1) is 0 Å². The van der Waals surface area contributed by atoms with Crippen LogP contribution in [0.4, 0.5) is 0 Å². The molecule has 3 nitrogen and oxygen atoms in total. The Morgan fingerprint density at radius 1 is 0.431 bits per heavy atom. The summed E-state index contributed by atoms with van der Waals surface area (Å²) < 4.78 is 2.38. The topological polar surface area (TPSA) is 29.3 Å². The van der Waals surface area contributed by atoms with Crippen molar-refractivity contribution in [3.8, 4) is 16.8 Å². The third kappa shape index (κ3) is 5.79. The average molecular weight is 742 g/mol. The van der Waals surface area contributed by atoms with Crippen molar-refractivity contribution >= 4 is 71.2 Å². The molecule has 0 fully saturated rings. The van der Waals surface area contributed by atoms with Gasteiger partial charge < -0.3 is 9.88 Å². The zero-order valence-corrected chi connectivity index (χ0v) is 31.9. The minimum absolute atomic E-state index is 0.808. The van der Waals surface area contributed by atoms with Gasteiger partial charge in [0.15, 0.2) is 0 Å². The zero-order chi connectivity index (χ0) is 38.4. The fourth-order valence-corrected chi connectivity index (χ4v) is 9.00. The lowest BCUT2D eigenvalue weighted by molar-refractivity contribution is 1.08. The highest BCUT2D eigenvalue weighted by Gasteiger charge is 2.19. The number of rotatable bonds is 5. The monoisotopic (exact) mass is 741 g/mol. The summed E-state index contributed by atoms with van der Waals surface area (Å²) in [6.45, 7) is 0. The predicted octanol–water partition coefficient (Wildman–Crippen LogP) is 14.1. The number of nitrogens with one attached hydrogen (secondary N) is 1. The van der Waals surface area contributed by atoms with Crippen molar-refractivity contribution < 1.29 is 0 Å². The Labute approximate surface area is 337 Å². The number of benzene rings is 9. The van der Waals surface area contributed by atoms with E-state index >= 15 is 0 Å². The van der Waals surface area contributed by atoms with Crippen LogP contribution in [0.3, 0.4) is 0 Å². The number of aromatic nitrogens is 1. The number of aliphatic imine (C=N–C) groups is 1. The highest BCUT2D eigenvalue weighted by Crippen LogP contribution is 2.42. The molecule has 1 N–H and O–H groups in total. The maximum absolute atomic E-state index is 5.34. The summed E-state index contributed by atoms with van der Waals surface area (Å²) in [5.74, 6) is 0. The largest absolute Gasteiger partial charge is 0.359 e. The van der Waals surface area contributed by atoms with E-state index in [1.165, 1.54) is 70.8 Å². The zero-order valence-electron chi connectivity index (χ0n) is 31.9. The molecule has 1 aliphatic rings. The Hall–Kier alpha value is -7.49. The molecular weight excluding hydrogens is 703 g/mol. The minimum Gasteiger partial charge on any atom is -0.359 e. The van der Waals surface area contributed by atoms with E-state index in [4.69, 9.17) is 4.99 Å². The van der Waals surface area contributed by atoms with Crippen LogP contribution in [-0.4, -0.2) is 10.3 Å². The molecule has 0 bridgehead atoms. The van der Waals surface area contributed by atoms with Gasteiger partial charge in [0, 0.05) is 45.2 Å². The molecule has 0 aliphatic carbocycles. The fourth-order valence-electron chi connectivity index (χ4n) is 9.00. The Kier molecular flexibility index (Phi) is 8.29. The quantitative estimate of drug-likeness (QED) is 0.175. The van der Waals surface area contributed by atoms with Crippen molar-refractivity contribution in [2.24, 2.45) is 4.99 Å². The molecule has 1 aliphatic heterocycles. The number of nitrogens with zero attached hydrogens (tertiary/aromatic N) is 2. The third-order valence-corrected chi connectivity index (χ3v) is 11.7. The van der Waals surface area contributed by atoms with Crippen LogP contribution in [0, 0.1) is 0 Å². The summed E-state index contributed by atoms with van der Waals surface area (Å²) >= 11 is 0. The first-order valence-corrected chi connectivity index (χ1v) is 20.1. The highest BCUT2D eigenvalue weighted by atomic mass is 15.0. The summed E-state index contributed by atoms with van der Waals surface area (Å²) in [4.78, 5) is 5.34. The predicted molar refractivity (Wildman–Crippen MR) is 246 cm³/mol. The molecule has 0 saturated heterocycles. The van der Waals surface area contributed by atoms with Gasteiger partial charge in [0.05, 0.1) is 16.7 Å². The normalized spacial score (nSPS) is 14.4. The summed E-state index contributed by atoms with van der Waals surface area (Å²) in [5.41, 5.74) is 12.4. The van der Waals surface area contributed by atoms with Crippen LogP contribution in [-0.2, 0) is 0 Å². The van der Waals surface area contributed by atoms with Gasteiger partial charge in [-0.25, -0.2) is 0 Å². The van der Waals surface area contributed by atoms with Gasteiger partial charge in [0.25, 0.3) is 0 Å². The van der Waals surface area contributed by atoms with Crippen LogP contribution in [0.1, 0.15) is 29.5 Å². The summed E-state index contributed by atoms with van der Waals surface area (Å²) in [5, 5.41) is 13.8. The highest BCUT2D eigenvalue weighted by molar-refractivity contribution is 6.28. The van der Waals surface area contributed by atoms with Gasteiger partial charge in [-0.1, -0.05) is 158 Å². The van der Waals surface area contributed by atoms with E-state index in [2.05, 4.69) is 216 Å². The molecule has 0 unspecified atom stereocenters. The Balaban J connectivity index is 1.16. The molecule has 0 atom stereocenters. The molecule has 58 heavy (non-hydrogen) atoms. The van der Waals surface area contributed by atoms with Crippen molar-refractivity contribution in [2.75, 3.05) is 0 Å². The van der Waals surface area contributed by atoms with E-state index in [-0.39, 0.29) is 0 Å². The fraction of sp³-hybridized carbons (Fsp3) is 0.0364. The molecule has 3 heteroatoms. The van der Waals surface area contributed by atoms with Crippen molar-refractivity contribution in [2.45, 2.75) is 12.8 Å². The summed E-state index contributed by atoms with van der Waals surface area (Å²) in [6.07, 6.45) is 6.11. The van der Waals surface area contributed by atoms with Crippen molar-refractivity contribution in [1.82, 2.24) is 9.88 Å². The second-order valence-corrected chi connectivity index (χ2v) is 15.1. The molecule has 11 rings (SSSR count). The Bertz CT molecular complexity index is 3280. The first-order chi connectivity index (χ1) is 28.8. The lowest BCUT2D eigenvalue weighted by Gasteiger charge is -2.19. The van der Waals surface area contributed by atoms with E-state index < -0.39 is 0 Å². The van der Waals surface area contributed by atoms with Crippen molar-refractivity contribution in [3.05, 3.63) is 223 Å². The van der Waals surface area contributed by atoms with Crippen molar-refractivity contribution in [1.29, 1.82) is 0 Å². The molecule has 1 aromatic heterocycles. The number of para-hydroxylation sites is 2. The molecule has 9 aromatic carbocycles. The van der Waals surface area contributed by atoms with E-state index in [1.807, 2.05) is 0 Å². The molecule has 2 heterocycles. The Morgan fingerprint density at radius 2 is 1.00 bits per heavy atom. The molecule has 274 valence electrons. The first kappa shape index (κ1) is 33.8. The van der Waals surface area contributed by atoms with Crippen LogP contribution in [0.15, 0.2) is 211 Å². The van der Waals surface area contributed by atoms with Crippen LogP contribution < -0.4 is 5.32 Å². The number of allylic oxidation sites excluding steroid dienone is 1. The number of fused-ring (bicyclic) bond motifs is 9. The Morgan fingerprint density at radius 3 is 1.74 bits per heavy atom. The summed E-state index contributed by atoms with van der Waals surface area (Å²) in [7, 11) is 0. The maximum atomic E-state index is 5.34. The molecule has 0 spiro atoms. The van der Waals surface area contributed by atoms with Gasteiger partial charge in [-0.2, -0.15) is 0 Å². The number of hydrogen-bond donors (Lipinski definition) is 1. The van der Waals surface area contributed by atoms with Crippen LogP contribution in [0.5, 0.6) is 0 Å².